The molecule has 2 aliphatic rings. The van der Waals surface area contributed by atoms with Gasteiger partial charge in [0.15, 0.2) is 0 Å². The lowest BCUT2D eigenvalue weighted by Crippen LogP contribution is -2.10. The highest BCUT2D eigenvalue weighted by atomic mass is 16.5. The normalized spacial score (nSPS) is 19.2. The van der Waals surface area contributed by atoms with E-state index in [-0.39, 0.29) is 0 Å². The summed E-state index contributed by atoms with van der Waals surface area (Å²) in [6.45, 7) is 2.32. The van der Waals surface area contributed by atoms with Gasteiger partial charge >= 0.3 is 0 Å². The Bertz CT molecular complexity index is 429. The monoisotopic (exact) mass is 217 g/mol. The molecule has 2 aliphatic heterocycles. The minimum Gasteiger partial charge on any atom is -0.474 e. The van der Waals surface area contributed by atoms with Gasteiger partial charge in [0.05, 0.1) is 24.6 Å². The molecular formula is C11H11N3O2. The van der Waals surface area contributed by atoms with Crippen LogP contribution < -0.4 is 0 Å². The van der Waals surface area contributed by atoms with E-state index < -0.39 is 0 Å². The van der Waals surface area contributed by atoms with Crippen molar-refractivity contribution >= 4 is 11.6 Å². The number of hydrogen-bond acceptors (Lipinski definition) is 5. The highest BCUT2D eigenvalue weighted by molar-refractivity contribution is 6.02. The molecule has 1 aromatic rings. The van der Waals surface area contributed by atoms with Crippen LogP contribution in [0.4, 0.5) is 0 Å². The number of rotatable bonds is 2. The van der Waals surface area contributed by atoms with Crippen LogP contribution in [0.15, 0.2) is 28.2 Å². The predicted octanol–water partition coefficient (Wildman–Crippen LogP) is 0.635. The van der Waals surface area contributed by atoms with Gasteiger partial charge in [-0.2, -0.15) is 0 Å². The summed E-state index contributed by atoms with van der Waals surface area (Å²) in [5.74, 6) is 0.626. The summed E-state index contributed by atoms with van der Waals surface area (Å²) in [5.41, 5.74) is 2.50. The van der Waals surface area contributed by atoms with Crippen molar-refractivity contribution in [2.45, 2.75) is 0 Å². The Hall–Kier alpha value is -1.75. The minimum absolute atomic E-state index is 0.429. The molecule has 0 saturated heterocycles. The standard InChI is InChI=1S/C11H11N3O2/c1-2-8(10-6-15-7-13-10)14-9(3-1)11-12-4-5-16-11/h1-3H,4-7H2. The second kappa shape index (κ2) is 4.02. The Morgan fingerprint density at radius 2 is 2.06 bits per heavy atom. The van der Waals surface area contributed by atoms with E-state index in [1.165, 1.54) is 0 Å². The molecule has 0 N–H and O–H groups in total. The lowest BCUT2D eigenvalue weighted by Gasteiger charge is -2.03. The summed E-state index contributed by atoms with van der Waals surface area (Å²) in [4.78, 5) is 12.9. The fourth-order valence-electron chi connectivity index (χ4n) is 1.67. The van der Waals surface area contributed by atoms with E-state index >= 15 is 0 Å². The predicted molar refractivity (Wildman–Crippen MR) is 58.9 cm³/mol. The van der Waals surface area contributed by atoms with E-state index in [1.807, 2.05) is 18.2 Å². The number of aromatic nitrogens is 1. The maximum absolute atomic E-state index is 5.37. The summed E-state index contributed by atoms with van der Waals surface area (Å²) in [5, 5.41) is 0. The summed E-state index contributed by atoms with van der Waals surface area (Å²) in [7, 11) is 0. The fraction of sp³-hybridized carbons (Fsp3) is 0.364. The largest absolute Gasteiger partial charge is 0.474 e. The molecule has 0 aliphatic carbocycles. The van der Waals surface area contributed by atoms with Crippen LogP contribution in [-0.4, -0.2) is 43.1 Å². The quantitative estimate of drug-likeness (QED) is 0.730. The van der Waals surface area contributed by atoms with Crippen molar-refractivity contribution in [3.05, 3.63) is 29.6 Å². The van der Waals surface area contributed by atoms with Crippen molar-refractivity contribution in [1.82, 2.24) is 4.98 Å². The fourth-order valence-corrected chi connectivity index (χ4v) is 1.67. The first-order chi connectivity index (χ1) is 7.93. The lowest BCUT2D eigenvalue weighted by molar-refractivity contribution is 0.202. The van der Waals surface area contributed by atoms with E-state index in [2.05, 4.69) is 15.0 Å². The molecule has 0 fully saturated rings. The van der Waals surface area contributed by atoms with Crippen LogP contribution >= 0.6 is 0 Å². The average Bonchev–Trinajstić information content (AvgIpc) is 3.03. The summed E-state index contributed by atoms with van der Waals surface area (Å²) in [6, 6.07) is 5.75. The van der Waals surface area contributed by atoms with Crippen LogP contribution in [-0.2, 0) is 9.47 Å². The number of hydrogen-bond donors (Lipinski definition) is 0. The Labute approximate surface area is 92.8 Å². The zero-order valence-corrected chi connectivity index (χ0v) is 8.72. The number of pyridine rings is 1. The zero-order valence-electron chi connectivity index (χ0n) is 8.72. The molecule has 0 unspecified atom stereocenters. The third-order valence-corrected chi connectivity index (χ3v) is 2.43. The zero-order chi connectivity index (χ0) is 10.8. The Balaban J connectivity index is 1.93. The van der Waals surface area contributed by atoms with E-state index in [4.69, 9.17) is 9.47 Å². The van der Waals surface area contributed by atoms with E-state index in [9.17, 15) is 0 Å². The maximum atomic E-state index is 5.37. The van der Waals surface area contributed by atoms with Gasteiger partial charge in [-0.1, -0.05) is 6.07 Å². The van der Waals surface area contributed by atoms with Gasteiger partial charge in [-0.05, 0) is 12.1 Å². The van der Waals surface area contributed by atoms with Crippen molar-refractivity contribution in [3.8, 4) is 0 Å². The molecule has 82 valence electrons. The number of nitrogens with zero attached hydrogens (tertiary/aromatic N) is 3. The van der Waals surface area contributed by atoms with Crippen molar-refractivity contribution < 1.29 is 9.47 Å². The number of ether oxygens (including phenoxy) is 2. The van der Waals surface area contributed by atoms with Gasteiger partial charge in [0.1, 0.15) is 19.0 Å². The molecule has 0 amide bonds. The minimum atomic E-state index is 0.429. The smallest absolute Gasteiger partial charge is 0.235 e. The topological polar surface area (TPSA) is 56.1 Å². The van der Waals surface area contributed by atoms with Crippen molar-refractivity contribution in [1.29, 1.82) is 0 Å². The first-order valence-corrected chi connectivity index (χ1v) is 5.19. The van der Waals surface area contributed by atoms with Crippen molar-refractivity contribution in [2.75, 3.05) is 26.5 Å². The molecule has 3 heterocycles. The molecule has 0 bridgehead atoms. The third-order valence-electron chi connectivity index (χ3n) is 2.43. The van der Waals surface area contributed by atoms with Gasteiger partial charge in [0.25, 0.3) is 0 Å². The molecule has 5 heteroatoms. The first-order valence-electron chi connectivity index (χ1n) is 5.19. The van der Waals surface area contributed by atoms with Gasteiger partial charge in [-0.3, -0.25) is 4.99 Å². The molecule has 0 saturated carbocycles. The molecule has 0 aromatic carbocycles. The molecular weight excluding hydrogens is 206 g/mol. The molecule has 0 spiro atoms. The first kappa shape index (κ1) is 9.47. The van der Waals surface area contributed by atoms with Crippen LogP contribution in [0.2, 0.25) is 0 Å². The summed E-state index contributed by atoms with van der Waals surface area (Å²) >= 11 is 0. The maximum Gasteiger partial charge on any atom is 0.235 e. The summed E-state index contributed by atoms with van der Waals surface area (Å²) < 4.78 is 10.5. The van der Waals surface area contributed by atoms with Crippen LogP contribution in [0.3, 0.4) is 0 Å². The molecule has 16 heavy (non-hydrogen) atoms. The SMILES string of the molecule is c1cc(C2=NCOC2)nc(C2=NCCO2)c1. The second-order valence-electron chi connectivity index (χ2n) is 3.53. The Kier molecular flexibility index (Phi) is 2.38. The van der Waals surface area contributed by atoms with Gasteiger partial charge in [-0.25, -0.2) is 9.98 Å². The lowest BCUT2D eigenvalue weighted by atomic mass is 10.2. The van der Waals surface area contributed by atoms with Gasteiger partial charge in [-0.15, -0.1) is 0 Å². The Morgan fingerprint density at radius 1 is 1.12 bits per heavy atom. The van der Waals surface area contributed by atoms with Crippen LogP contribution in [0.25, 0.3) is 0 Å². The third kappa shape index (κ3) is 1.69. The molecule has 3 rings (SSSR count). The van der Waals surface area contributed by atoms with Crippen LogP contribution in [0.1, 0.15) is 11.4 Å². The molecule has 0 atom stereocenters. The average molecular weight is 217 g/mol. The number of aliphatic imine (C=N–C) groups is 2. The van der Waals surface area contributed by atoms with E-state index in [0.717, 1.165) is 17.1 Å². The summed E-state index contributed by atoms with van der Waals surface area (Å²) in [6.07, 6.45) is 0. The van der Waals surface area contributed by atoms with Crippen molar-refractivity contribution in [2.24, 2.45) is 9.98 Å². The van der Waals surface area contributed by atoms with Crippen LogP contribution in [0, 0.1) is 0 Å². The molecule has 1 aromatic heterocycles. The van der Waals surface area contributed by atoms with Gasteiger partial charge in [0, 0.05) is 0 Å². The second-order valence-corrected chi connectivity index (χ2v) is 3.53. The van der Waals surface area contributed by atoms with E-state index in [1.54, 1.807) is 0 Å². The molecule has 0 radical (unpaired) electrons. The highest BCUT2D eigenvalue weighted by Crippen LogP contribution is 2.09. The van der Waals surface area contributed by atoms with Crippen molar-refractivity contribution in [3.63, 3.8) is 0 Å². The molecule has 5 nitrogen and oxygen atoms in total. The van der Waals surface area contributed by atoms with Gasteiger partial charge < -0.3 is 9.47 Å². The van der Waals surface area contributed by atoms with Crippen LogP contribution in [0.5, 0.6) is 0 Å². The van der Waals surface area contributed by atoms with E-state index in [0.29, 0.717) is 32.4 Å². The van der Waals surface area contributed by atoms with Gasteiger partial charge in [0.2, 0.25) is 5.90 Å². The highest BCUT2D eigenvalue weighted by Gasteiger charge is 2.15. The Morgan fingerprint density at radius 3 is 2.81 bits per heavy atom.